The van der Waals surface area contributed by atoms with Crippen molar-refractivity contribution < 1.29 is 18.1 Å². The highest BCUT2D eigenvalue weighted by Crippen LogP contribution is 2.39. The number of alkyl halides is 2. The molecule has 0 saturated heterocycles. The van der Waals surface area contributed by atoms with E-state index in [-0.39, 0.29) is 17.4 Å². The predicted molar refractivity (Wildman–Crippen MR) is 156 cm³/mol. The van der Waals surface area contributed by atoms with E-state index in [0.717, 1.165) is 28.3 Å². The van der Waals surface area contributed by atoms with Crippen LogP contribution in [0.3, 0.4) is 0 Å². The number of fused-ring (bicyclic) bond motifs is 1. The van der Waals surface area contributed by atoms with Crippen molar-refractivity contribution in [2.24, 2.45) is 7.05 Å². The van der Waals surface area contributed by atoms with Crippen molar-refractivity contribution in [2.45, 2.75) is 6.61 Å². The van der Waals surface area contributed by atoms with E-state index in [1.54, 1.807) is 31.7 Å². The zero-order valence-electron chi connectivity index (χ0n) is 22.9. The lowest BCUT2D eigenvalue weighted by Gasteiger charge is -2.24. The number of nitrogens with zero attached hydrogens (tertiary/aromatic N) is 5. The molecule has 39 heavy (non-hydrogen) atoms. The number of nitrogens with two attached hydrogens (primary N) is 1. The third-order valence-electron chi connectivity index (χ3n) is 6.41. The number of aromatic nitrogens is 3. The Labute approximate surface area is 227 Å². The number of likely N-dealkylation sites (N-methyl/N-ethyl adjacent to an activating group) is 2. The number of nitrogen functional groups attached to an aromatic ring is 1. The maximum absolute atomic E-state index is 13.3. The van der Waals surface area contributed by atoms with Crippen molar-refractivity contribution in [3.05, 3.63) is 48.8 Å². The van der Waals surface area contributed by atoms with Gasteiger partial charge >= 0.3 is 6.61 Å². The van der Waals surface area contributed by atoms with Gasteiger partial charge in [-0.3, -0.25) is 0 Å². The van der Waals surface area contributed by atoms with Gasteiger partial charge in [0.15, 0.2) is 5.75 Å². The fraction of sp³-hybridized carbons (Fsp3) is 0.333. The highest BCUT2D eigenvalue weighted by Gasteiger charge is 2.19. The van der Waals surface area contributed by atoms with Gasteiger partial charge in [0.1, 0.15) is 7.14 Å². The van der Waals surface area contributed by atoms with E-state index in [4.69, 9.17) is 10.5 Å². The number of nitrogens with one attached hydrogen (secondary N) is 1. The Balaban J connectivity index is 1.69. The molecule has 2 heterocycles. The van der Waals surface area contributed by atoms with Gasteiger partial charge in [-0.25, -0.2) is 9.97 Å². The molecule has 3 N–H and O–H groups in total. The van der Waals surface area contributed by atoms with Gasteiger partial charge in [-0.2, -0.15) is 8.78 Å². The van der Waals surface area contributed by atoms with Crippen LogP contribution in [0.2, 0.25) is 0 Å². The summed E-state index contributed by atoms with van der Waals surface area (Å²) in [7, 11) is 5.24. The van der Waals surface area contributed by atoms with E-state index < -0.39 is 13.8 Å². The Morgan fingerprint density at radius 3 is 2.54 bits per heavy atom. The second-order valence-corrected chi connectivity index (χ2v) is 13.3. The Morgan fingerprint density at radius 2 is 1.87 bits per heavy atom. The lowest BCUT2D eigenvalue weighted by molar-refractivity contribution is -0.0493. The minimum Gasteiger partial charge on any atom is -0.433 e. The van der Waals surface area contributed by atoms with Crippen LogP contribution in [0.1, 0.15) is 0 Å². The zero-order chi connectivity index (χ0) is 28.5. The van der Waals surface area contributed by atoms with Crippen LogP contribution < -0.4 is 26.0 Å². The van der Waals surface area contributed by atoms with Gasteiger partial charge in [0.25, 0.3) is 0 Å². The SMILES string of the molecule is CN(C)CCN(C)c1cc(OC(F)F)c(Nc2nccc(-c3cn(C)c4cc(P(C)(C)=O)ccc34)n2)cc1N. The normalized spacial score (nSPS) is 11.9. The van der Waals surface area contributed by atoms with Gasteiger partial charge in [-0.1, -0.05) is 12.1 Å². The summed E-state index contributed by atoms with van der Waals surface area (Å²) < 4.78 is 46.0. The number of aryl methyl sites for hydroxylation is 1. The molecule has 0 saturated carbocycles. The third kappa shape index (κ3) is 6.49. The van der Waals surface area contributed by atoms with E-state index >= 15 is 0 Å². The molecule has 12 heteroatoms. The van der Waals surface area contributed by atoms with Crippen molar-refractivity contribution in [1.29, 1.82) is 0 Å². The molecule has 0 unspecified atom stereocenters. The molecule has 0 atom stereocenters. The lowest BCUT2D eigenvalue weighted by Crippen LogP contribution is -2.29. The van der Waals surface area contributed by atoms with Crippen LogP contribution in [0.5, 0.6) is 5.75 Å². The van der Waals surface area contributed by atoms with E-state index in [0.29, 0.717) is 23.6 Å². The number of rotatable bonds is 10. The molecule has 0 amide bonds. The first kappa shape index (κ1) is 28.3. The summed E-state index contributed by atoms with van der Waals surface area (Å²) in [5, 5.41) is 4.74. The second kappa shape index (κ2) is 11.2. The molecule has 0 bridgehead atoms. The summed E-state index contributed by atoms with van der Waals surface area (Å²) in [5.41, 5.74) is 9.91. The van der Waals surface area contributed by atoms with Gasteiger partial charge in [0, 0.05) is 67.4 Å². The molecular weight excluding hydrogens is 523 g/mol. The quantitative estimate of drug-likeness (QED) is 0.212. The highest BCUT2D eigenvalue weighted by atomic mass is 31.2. The highest BCUT2D eigenvalue weighted by molar-refractivity contribution is 7.70. The molecule has 0 aliphatic carbocycles. The zero-order valence-corrected chi connectivity index (χ0v) is 23.8. The van der Waals surface area contributed by atoms with Gasteiger partial charge in [-0.05, 0) is 45.6 Å². The Morgan fingerprint density at radius 1 is 1.13 bits per heavy atom. The predicted octanol–water partition coefficient (Wildman–Crippen LogP) is 4.81. The molecule has 2 aromatic carbocycles. The van der Waals surface area contributed by atoms with Gasteiger partial charge in [0.05, 0.1) is 22.8 Å². The first-order valence-corrected chi connectivity index (χ1v) is 14.9. The number of halogens is 2. The average molecular weight is 558 g/mol. The second-order valence-electron chi connectivity index (χ2n) is 10.1. The number of hydrogen-bond acceptors (Lipinski definition) is 8. The van der Waals surface area contributed by atoms with Crippen LogP contribution in [-0.4, -0.2) is 73.6 Å². The summed E-state index contributed by atoms with van der Waals surface area (Å²) >= 11 is 0. The summed E-state index contributed by atoms with van der Waals surface area (Å²) in [6.45, 7) is 1.86. The molecule has 4 aromatic rings. The van der Waals surface area contributed by atoms with E-state index in [1.165, 1.54) is 6.07 Å². The molecule has 4 rings (SSSR count). The van der Waals surface area contributed by atoms with Crippen LogP contribution in [0, 0.1) is 0 Å². The molecule has 0 fully saturated rings. The molecule has 0 aliphatic heterocycles. The van der Waals surface area contributed by atoms with Crippen LogP contribution >= 0.6 is 7.14 Å². The third-order valence-corrected chi connectivity index (χ3v) is 7.93. The average Bonchev–Trinajstić information content (AvgIpc) is 3.19. The number of ether oxygens (including phenoxy) is 1. The van der Waals surface area contributed by atoms with Gasteiger partial charge < -0.3 is 34.7 Å². The van der Waals surface area contributed by atoms with Crippen molar-refractivity contribution in [1.82, 2.24) is 19.4 Å². The van der Waals surface area contributed by atoms with Crippen molar-refractivity contribution in [3.8, 4) is 17.0 Å². The maximum atomic E-state index is 13.3. The van der Waals surface area contributed by atoms with E-state index in [9.17, 15) is 13.3 Å². The summed E-state index contributed by atoms with van der Waals surface area (Å²) in [6.07, 6.45) is 3.53. The van der Waals surface area contributed by atoms with Crippen molar-refractivity contribution in [2.75, 3.05) is 63.5 Å². The summed E-state index contributed by atoms with van der Waals surface area (Å²) in [4.78, 5) is 12.8. The number of hydrogen-bond donors (Lipinski definition) is 2. The fourth-order valence-electron chi connectivity index (χ4n) is 4.28. The first-order chi connectivity index (χ1) is 18.3. The fourth-order valence-corrected chi connectivity index (χ4v) is 5.15. The largest absolute Gasteiger partial charge is 0.433 e. The molecule has 0 radical (unpaired) electrons. The molecule has 0 aliphatic rings. The van der Waals surface area contributed by atoms with Crippen LogP contribution in [0.4, 0.5) is 31.8 Å². The molecule has 0 spiro atoms. The summed E-state index contributed by atoms with van der Waals surface area (Å²) in [6, 6.07) is 10.6. The monoisotopic (exact) mass is 557 g/mol. The van der Waals surface area contributed by atoms with Crippen LogP contribution in [-0.2, 0) is 11.6 Å². The van der Waals surface area contributed by atoms with Crippen LogP contribution in [0.15, 0.2) is 48.8 Å². The number of benzene rings is 2. The lowest BCUT2D eigenvalue weighted by atomic mass is 10.1. The first-order valence-electron chi connectivity index (χ1n) is 12.3. The molecule has 208 valence electrons. The smallest absolute Gasteiger partial charge is 0.387 e. The molecule has 9 nitrogen and oxygen atoms in total. The standard InChI is InChI=1S/C27H34F2N7O2P/c1-34(2)11-12-35(3)24-15-25(38-26(28)29)22(14-20(24)30)33-27-31-10-9-21(32-27)19-16-36(4)23-13-17(39(5,6)37)7-8-18(19)23/h7-10,13-16,26H,11-12,30H2,1-6H3,(H,31,32,33). The van der Waals surface area contributed by atoms with E-state index in [1.807, 2.05) is 67.0 Å². The van der Waals surface area contributed by atoms with Crippen LogP contribution in [0.25, 0.3) is 22.2 Å². The Bertz CT molecular complexity index is 1530. The van der Waals surface area contributed by atoms with Crippen molar-refractivity contribution >= 4 is 46.4 Å². The topological polar surface area (TPSA) is 102 Å². The Kier molecular flexibility index (Phi) is 8.13. The van der Waals surface area contributed by atoms with Crippen molar-refractivity contribution in [3.63, 3.8) is 0 Å². The number of anilines is 4. The maximum Gasteiger partial charge on any atom is 0.387 e. The summed E-state index contributed by atoms with van der Waals surface area (Å²) in [5.74, 6) is 0.126. The minimum atomic E-state index is -3.02. The van der Waals surface area contributed by atoms with Gasteiger partial charge in [0.2, 0.25) is 5.95 Å². The molecular formula is C27H34F2N7O2P. The Hall–Kier alpha value is -3.69. The van der Waals surface area contributed by atoms with E-state index in [2.05, 4.69) is 15.3 Å². The van der Waals surface area contributed by atoms with Gasteiger partial charge in [-0.15, -0.1) is 0 Å². The minimum absolute atomic E-state index is 0.0684. The molecule has 2 aromatic heterocycles.